The van der Waals surface area contributed by atoms with Gasteiger partial charge in [0.15, 0.2) is 0 Å². The molecule has 1 rings (SSSR count). The van der Waals surface area contributed by atoms with E-state index in [0.29, 0.717) is 10.6 Å². The molecule has 20 heavy (non-hydrogen) atoms. The molecule has 0 aromatic heterocycles. The first-order chi connectivity index (χ1) is 9.56. The number of methoxy groups -OCH3 is 1. The van der Waals surface area contributed by atoms with Gasteiger partial charge in [-0.1, -0.05) is 17.7 Å². The first-order valence-corrected chi connectivity index (χ1v) is 6.37. The third-order valence-electron chi connectivity index (χ3n) is 2.45. The molecular formula is C13H17ClN2O4. The normalized spacial score (nSPS) is 11.8. The number of carbonyl (C=O) groups is 2. The topological polar surface area (TPSA) is 87.7 Å². The fraction of sp³-hybridized carbons (Fsp3) is 0.385. The summed E-state index contributed by atoms with van der Waals surface area (Å²) in [6.45, 7) is -0.224. The van der Waals surface area contributed by atoms with E-state index in [0.717, 1.165) is 0 Å². The Morgan fingerprint density at radius 1 is 1.45 bits per heavy atom. The Bertz CT molecular complexity index is 467. The van der Waals surface area contributed by atoms with E-state index in [2.05, 4.69) is 10.6 Å². The maximum Gasteiger partial charge on any atom is 0.251 e. The van der Waals surface area contributed by atoms with Crippen LogP contribution in [0.3, 0.4) is 0 Å². The zero-order chi connectivity index (χ0) is 15.0. The van der Waals surface area contributed by atoms with Crippen molar-refractivity contribution in [2.75, 3.05) is 26.9 Å². The number of amides is 2. The fourth-order valence-corrected chi connectivity index (χ4v) is 1.70. The molecule has 1 unspecified atom stereocenters. The summed E-state index contributed by atoms with van der Waals surface area (Å²) < 4.78 is 4.83. The predicted molar refractivity (Wildman–Crippen MR) is 74.7 cm³/mol. The molecule has 1 aromatic rings. The van der Waals surface area contributed by atoms with E-state index < -0.39 is 17.9 Å². The van der Waals surface area contributed by atoms with Crippen molar-refractivity contribution in [3.8, 4) is 0 Å². The van der Waals surface area contributed by atoms with Crippen LogP contribution in [0.1, 0.15) is 10.4 Å². The average molecular weight is 301 g/mol. The number of benzene rings is 1. The second-order valence-corrected chi connectivity index (χ2v) is 4.53. The number of ether oxygens (including phenoxy) is 1. The highest BCUT2D eigenvalue weighted by atomic mass is 35.5. The Balaban J connectivity index is 2.42. The second kappa shape index (κ2) is 8.52. The first kappa shape index (κ1) is 16.4. The maximum absolute atomic E-state index is 11.8. The smallest absolute Gasteiger partial charge is 0.251 e. The van der Waals surface area contributed by atoms with Crippen LogP contribution in [-0.2, 0) is 9.53 Å². The molecule has 1 atom stereocenters. The van der Waals surface area contributed by atoms with Crippen molar-refractivity contribution in [1.82, 2.24) is 10.6 Å². The molecule has 7 heteroatoms. The first-order valence-electron chi connectivity index (χ1n) is 5.99. The molecule has 0 aliphatic carbocycles. The third-order valence-corrected chi connectivity index (χ3v) is 2.68. The van der Waals surface area contributed by atoms with Gasteiger partial charge in [-0.15, -0.1) is 0 Å². The van der Waals surface area contributed by atoms with Crippen molar-refractivity contribution in [3.63, 3.8) is 0 Å². The number of nitrogens with one attached hydrogen (secondary N) is 2. The van der Waals surface area contributed by atoms with Crippen LogP contribution in [-0.4, -0.2) is 49.8 Å². The van der Waals surface area contributed by atoms with Crippen LogP contribution in [0.25, 0.3) is 0 Å². The van der Waals surface area contributed by atoms with Gasteiger partial charge in [0.2, 0.25) is 5.91 Å². The van der Waals surface area contributed by atoms with E-state index in [1.54, 1.807) is 18.2 Å². The van der Waals surface area contributed by atoms with Gasteiger partial charge in [0, 0.05) is 17.7 Å². The third kappa shape index (κ3) is 5.56. The lowest BCUT2D eigenvalue weighted by Gasteiger charge is -2.15. The average Bonchev–Trinajstić information content (AvgIpc) is 2.44. The highest BCUT2D eigenvalue weighted by Gasteiger charge is 2.12. The van der Waals surface area contributed by atoms with E-state index >= 15 is 0 Å². The number of carbonyl (C=O) groups excluding carboxylic acids is 2. The van der Waals surface area contributed by atoms with Crippen LogP contribution in [0.5, 0.6) is 0 Å². The van der Waals surface area contributed by atoms with E-state index in [4.69, 9.17) is 21.4 Å². The Kier molecular flexibility index (Phi) is 7.00. The Morgan fingerprint density at radius 2 is 2.20 bits per heavy atom. The highest BCUT2D eigenvalue weighted by Crippen LogP contribution is 2.10. The van der Waals surface area contributed by atoms with Crippen LogP contribution in [0, 0.1) is 0 Å². The Labute approximate surface area is 122 Å². The molecule has 0 bridgehead atoms. The quantitative estimate of drug-likeness (QED) is 0.671. The van der Waals surface area contributed by atoms with Gasteiger partial charge >= 0.3 is 0 Å². The summed E-state index contributed by atoms with van der Waals surface area (Å²) in [6, 6.07) is 5.92. The summed E-state index contributed by atoms with van der Waals surface area (Å²) in [5.74, 6) is -0.800. The number of rotatable bonds is 7. The molecule has 1 aromatic carbocycles. The maximum atomic E-state index is 11.8. The molecule has 0 spiro atoms. The van der Waals surface area contributed by atoms with Gasteiger partial charge in [-0.3, -0.25) is 9.59 Å². The van der Waals surface area contributed by atoms with E-state index in [9.17, 15) is 9.59 Å². The van der Waals surface area contributed by atoms with Crippen LogP contribution >= 0.6 is 11.6 Å². The van der Waals surface area contributed by atoms with E-state index in [1.807, 2.05) is 0 Å². The molecule has 6 nitrogen and oxygen atoms in total. The second-order valence-electron chi connectivity index (χ2n) is 4.10. The lowest BCUT2D eigenvalue weighted by Crippen LogP contribution is -2.45. The zero-order valence-electron chi connectivity index (χ0n) is 11.1. The zero-order valence-corrected chi connectivity index (χ0v) is 11.8. The number of aliphatic hydroxyl groups excluding tert-OH is 1. The summed E-state index contributed by atoms with van der Waals surface area (Å²) in [4.78, 5) is 23.3. The monoisotopic (exact) mass is 300 g/mol. The van der Waals surface area contributed by atoms with Crippen molar-refractivity contribution in [3.05, 3.63) is 34.9 Å². The SMILES string of the molecule is COCC(CO)NC(=O)CNC(=O)c1cccc(Cl)c1. The van der Waals surface area contributed by atoms with Crippen LogP contribution in [0.2, 0.25) is 5.02 Å². The van der Waals surface area contributed by atoms with Crippen molar-refractivity contribution in [2.24, 2.45) is 0 Å². The van der Waals surface area contributed by atoms with Crippen molar-refractivity contribution >= 4 is 23.4 Å². The van der Waals surface area contributed by atoms with Crippen molar-refractivity contribution in [1.29, 1.82) is 0 Å². The summed E-state index contributed by atoms with van der Waals surface area (Å²) in [5, 5.41) is 14.4. The van der Waals surface area contributed by atoms with Crippen molar-refractivity contribution in [2.45, 2.75) is 6.04 Å². The molecule has 0 radical (unpaired) electrons. The Hall–Kier alpha value is -1.63. The summed E-state index contributed by atoms with van der Waals surface area (Å²) in [5.41, 5.74) is 0.376. The lowest BCUT2D eigenvalue weighted by molar-refractivity contribution is -0.121. The molecule has 0 saturated carbocycles. The fourth-order valence-electron chi connectivity index (χ4n) is 1.51. The highest BCUT2D eigenvalue weighted by molar-refractivity contribution is 6.30. The van der Waals surface area contributed by atoms with Crippen LogP contribution < -0.4 is 10.6 Å². The minimum atomic E-state index is -0.490. The van der Waals surface area contributed by atoms with Gasteiger partial charge in [-0.05, 0) is 18.2 Å². The molecule has 0 fully saturated rings. The van der Waals surface area contributed by atoms with Gasteiger partial charge in [0.05, 0.1) is 25.8 Å². The molecule has 0 heterocycles. The summed E-state index contributed by atoms with van der Waals surface area (Å²) in [6.07, 6.45) is 0. The standard InChI is InChI=1S/C13H17ClN2O4/c1-20-8-11(7-17)16-12(18)6-15-13(19)9-3-2-4-10(14)5-9/h2-5,11,17H,6-8H2,1H3,(H,15,19)(H,16,18). The minimum absolute atomic E-state index is 0.189. The molecule has 0 aliphatic rings. The largest absolute Gasteiger partial charge is 0.394 e. The number of halogens is 1. The molecule has 110 valence electrons. The molecule has 2 amide bonds. The van der Waals surface area contributed by atoms with Gasteiger partial charge in [0.1, 0.15) is 0 Å². The van der Waals surface area contributed by atoms with Crippen LogP contribution in [0.4, 0.5) is 0 Å². The number of hydrogen-bond donors (Lipinski definition) is 3. The van der Waals surface area contributed by atoms with E-state index in [-0.39, 0.29) is 19.8 Å². The minimum Gasteiger partial charge on any atom is -0.394 e. The molecule has 0 saturated heterocycles. The van der Waals surface area contributed by atoms with Gasteiger partial charge in [0.25, 0.3) is 5.91 Å². The number of hydrogen-bond acceptors (Lipinski definition) is 4. The molecule has 3 N–H and O–H groups in total. The van der Waals surface area contributed by atoms with E-state index in [1.165, 1.54) is 13.2 Å². The lowest BCUT2D eigenvalue weighted by atomic mass is 10.2. The van der Waals surface area contributed by atoms with Gasteiger partial charge in [-0.25, -0.2) is 0 Å². The van der Waals surface area contributed by atoms with Gasteiger partial charge < -0.3 is 20.5 Å². The summed E-state index contributed by atoms with van der Waals surface area (Å²) in [7, 11) is 1.47. The van der Waals surface area contributed by atoms with Crippen LogP contribution in [0.15, 0.2) is 24.3 Å². The summed E-state index contributed by atoms with van der Waals surface area (Å²) >= 11 is 5.77. The molecule has 0 aliphatic heterocycles. The Morgan fingerprint density at radius 3 is 2.80 bits per heavy atom. The predicted octanol–water partition coefficient (Wildman–Crippen LogP) is 0.193. The number of aliphatic hydroxyl groups is 1. The molecular weight excluding hydrogens is 284 g/mol. The van der Waals surface area contributed by atoms with Gasteiger partial charge in [-0.2, -0.15) is 0 Å². The van der Waals surface area contributed by atoms with Crippen molar-refractivity contribution < 1.29 is 19.4 Å².